The summed E-state index contributed by atoms with van der Waals surface area (Å²) in [4.78, 5) is 53.8. The second-order valence-electron chi connectivity index (χ2n) is 8.71. The lowest BCUT2D eigenvalue weighted by atomic mass is 10.1. The summed E-state index contributed by atoms with van der Waals surface area (Å²) < 4.78 is 5.36. The molecule has 38 heavy (non-hydrogen) atoms. The predicted molar refractivity (Wildman–Crippen MR) is 138 cm³/mol. The molecule has 3 aliphatic rings. The summed E-state index contributed by atoms with van der Waals surface area (Å²) in [6.07, 6.45) is 3.05. The minimum absolute atomic E-state index is 0.0307. The van der Waals surface area contributed by atoms with Gasteiger partial charge >= 0.3 is 0 Å². The number of hydrogen-bond donors (Lipinski definition) is 4. The number of hydrogen-bond acceptors (Lipinski definition) is 8. The molecule has 0 radical (unpaired) electrons. The summed E-state index contributed by atoms with van der Waals surface area (Å²) in [7, 11) is 1.56. The highest BCUT2D eigenvalue weighted by Crippen LogP contribution is 2.28. The molecular formula is C26H25N7O5. The normalized spacial score (nSPS) is 17.2. The predicted octanol–water partition coefficient (Wildman–Crippen LogP) is 0.666. The van der Waals surface area contributed by atoms with Gasteiger partial charge in [0, 0.05) is 44.4 Å². The molecule has 12 nitrogen and oxygen atoms in total. The smallest absolute Gasteiger partial charge is 0.269 e. The van der Waals surface area contributed by atoms with Gasteiger partial charge < -0.3 is 26.0 Å². The van der Waals surface area contributed by atoms with Gasteiger partial charge in [0.05, 0.1) is 5.69 Å². The zero-order valence-electron chi connectivity index (χ0n) is 20.5. The monoisotopic (exact) mass is 515 g/mol. The Labute approximate surface area is 217 Å². The number of aliphatic imine (C=N–C) groups is 1. The van der Waals surface area contributed by atoms with E-state index in [2.05, 4.69) is 31.4 Å². The van der Waals surface area contributed by atoms with Gasteiger partial charge in [-0.25, -0.2) is 5.01 Å². The van der Waals surface area contributed by atoms with Gasteiger partial charge in [0.2, 0.25) is 0 Å². The molecule has 1 unspecified atom stereocenters. The Bertz CT molecular complexity index is 1400. The van der Waals surface area contributed by atoms with Gasteiger partial charge in [0.15, 0.2) is 6.61 Å². The molecule has 4 amide bonds. The van der Waals surface area contributed by atoms with Gasteiger partial charge in [-0.05, 0) is 35.4 Å². The third-order valence-electron chi connectivity index (χ3n) is 6.10. The van der Waals surface area contributed by atoms with E-state index in [4.69, 9.17) is 4.74 Å². The van der Waals surface area contributed by atoms with Crippen molar-refractivity contribution in [1.82, 2.24) is 21.0 Å². The SMILES string of the molecule is CNC(=O)c1ccc(CNC(=O)C2=CC(C(=O)NCc3ccc4c(c3)NC(=O)CO4)=NC3CC=NN23)cc1. The lowest BCUT2D eigenvalue weighted by Crippen LogP contribution is -2.41. The van der Waals surface area contributed by atoms with Crippen molar-refractivity contribution in [2.45, 2.75) is 25.7 Å². The second-order valence-corrected chi connectivity index (χ2v) is 8.71. The van der Waals surface area contributed by atoms with E-state index >= 15 is 0 Å². The maximum Gasteiger partial charge on any atom is 0.269 e. The summed E-state index contributed by atoms with van der Waals surface area (Å²) in [6, 6.07) is 12.1. The van der Waals surface area contributed by atoms with Crippen LogP contribution in [0.25, 0.3) is 0 Å². The van der Waals surface area contributed by atoms with Crippen molar-refractivity contribution in [3.05, 3.63) is 70.9 Å². The van der Waals surface area contributed by atoms with Crippen LogP contribution >= 0.6 is 0 Å². The number of ether oxygens (including phenoxy) is 1. The lowest BCUT2D eigenvalue weighted by molar-refractivity contribution is -0.119. The molecule has 0 aromatic heterocycles. The van der Waals surface area contributed by atoms with E-state index in [1.54, 1.807) is 55.7 Å². The number of amides is 4. The van der Waals surface area contributed by atoms with Crippen LogP contribution in [0.5, 0.6) is 5.75 Å². The number of nitrogens with one attached hydrogen (secondary N) is 4. The van der Waals surface area contributed by atoms with Crippen LogP contribution in [0.15, 0.2) is 64.3 Å². The maximum absolute atomic E-state index is 13.1. The summed E-state index contributed by atoms with van der Waals surface area (Å²) in [5, 5.41) is 16.7. The Morgan fingerprint density at radius 3 is 2.55 bits per heavy atom. The topological polar surface area (TPSA) is 154 Å². The molecule has 2 aromatic carbocycles. The largest absolute Gasteiger partial charge is 0.482 e. The van der Waals surface area contributed by atoms with Crippen LogP contribution < -0.4 is 26.0 Å². The molecule has 5 rings (SSSR count). The first-order chi connectivity index (χ1) is 18.4. The first-order valence-electron chi connectivity index (χ1n) is 12.0. The van der Waals surface area contributed by atoms with Crippen LogP contribution in [0.2, 0.25) is 0 Å². The fraction of sp³-hybridized carbons (Fsp3) is 0.231. The van der Waals surface area contributed by atoms with Gasteiger partial charge in [-0.15, -0.1) is 0 Å². The third kappa shape index (κ3) is 5.24. The van der Waals surface area contributed by atoms with Crippen molar-refractivity contribution in [2.24, 2.45) is 10.1 Å². The van der Waals surface area contributed by atoms with Crippen molar-refractivity contribution < 1.29 is 23.9 Å². The fourth-order valence-electron chi connectivity index (χ4n) is 4.13. The van der Waals surface area contributed by atoms with Gasteiger partial charge in [0.25, 0.3) is 23.6 Å². The average molecular weight is 516 g/mol. The van der Waals surface area contributed by atoms with E-state index in [9.17, 15) is 19.2 Å². The number of carbonyl (C=O) groups is 4. The molecule has 1 atom stereocenters. The summed E-state index contributed by atoms with van der Waals surface area (Å²) in [5.41, 5.74) is 2.96. The molecule has 0 saturated carbocycles. The van der Waals surface area contributed by atoms with E-state index in [1.807, 2.05) is 0 Å². The van der Waals surface area contributed by atoms with Crippen molar-refractivity contribution in [3.8, 4) is 5.75 Å². The van der Waals surface area contributed by atoms with Gasteiger partial charge in [-0.1, -0.05) is 18.2 Å². The average Bonchev–Trinajstić information content (AvgIpc) is 3.42. The maximum atomic E-state index is 13.1. The number of carbonyl (C=O) groups excluding carboxylic acids is 4. The van der Waals surface area contributed by atoms with Crippen LogP contribution in [0.1, 0.15) is 27.9 Å². The van der Waals surface area contributed by atoms with Gasteiger partial charge in [-0.2, -0.15) is 5.10 Å². The molecular weight excluding hydrogens is 490 g/mol. The van der Waals surface area contributed by atoms with Gasteiger partial charge in [0.1, 0.15) is 23.3 Å². The first-order valence-corrected chi connectivity index (χ1v) is 12.0. The van der Waals surface area contributed by atoms with Crippen molar-refractivity contribution in [1.29, 1.82) is 0 Å². The Morgan fingerprint density at radius 2 is 1.76 bits per heavy atom. The van der Waals surface area contributed by atoms with Crippen LogP contribution in [0.3, 0.4) is 0 Å². The quantitative estimate of drug-likeness (QED) is 0.425. The van der Waals surface area contributed by atoms with E-state index in [1.165, 1.54) is 11.1 Å². The van der Waals surface area contributed by atoms with Crippen LogP contribution in [-0.4, -0.2) is 60.4 Å². The number of nitrogens with zero attached hydrogens (tertiary/aromatic N) is 3. The minimum atomic E-state index is -0.482. The summed E-state index contributed by atoms with van der Waals surface area (Å²) in [5.74, 6) is -0.711. The Hall–Kier alpha value is -5.00. The molecule has 0 aliphatic carbocycles. The van der Waals surface area contributed by atoms with Crippen LogP contribution in [-0.2, 0) is 27.5 Å². The highest BCUT2D eigenvalue weighted by atomic mass is 16.5. The summed E-state index contributed by atoms with van der Waals surface area (Å²) >= 11 is 0. The zero-order chi connectivity index (χ0) is 26.6. The van der Waals surface area contributed by atoms with Crippen LogP contribution in [0.4, 0.5) is 5.69 Å². The Morgan fingerprint density at radius 1 is 1.03 bits per heavy atom. The number of anilines is 1. The molecule has 0 bridgehead atoms. The standard InChI is InChI=1S/C26H25N7O5/c1-27-24(35)17-5-2-15(3-6-17)12-29-26(37)20-11-19(31-22-8-9-30-33(20)22)25(36)28-13-16-4-7-21-18(10-16)32-23(34)14-38-21/h2-7,9-11,22H,8,12-14H2,1H3,(H,27,35)(H,28,36)(H,29,37)(H,32,34). The van der Waals surface area contributed by atoms with E-state index < -0.39 is 18.0 Å². The highest BCUT2D eigenvalue weighted by molar-refractivity contribution is 6.44. The second kappa shape index (κ2) is 10.5. The minimum Gasteiger partial charge on any atom is -0.482 e. The molecule has 194 valence electrons. The molecule has 4 N–H and O–H groups in total. The summed E-state index contributed by atoms with van der Waals surface area (Å²) in [6.45, 7) is 0.383. The number of rotatable bonds is 7. The third-order valence-corrected chi connectivity index (χ3v) is 6.10. The molecule has 3 heterocycles. The van der Waals surface area contributed by atoms with E-state index in [0.717, 1.165) is 11.1 Å². The number of benzene rings is 2. The van der Waals surface area contributed by atoms with E-state index in [0.29, 0.717) is 23.4 Å². The highest BCUT2D eigenvalue weighted by Gasteiger charge is 2.33. The Balaban J connectivity index is 1.24. The fourth-order valence-corrected chi connectivity index (χ4v) is 4.13. The van der Waals surface area contributed by atoms with Crippen molar-refractivity contribution >= 4 is 41.2 Å². The number of fused-ring (bicyclic) bond motifs is 2. The molecule has 3 aliphatic heterocycles. The zero-order valence-corrected chi connectivity index (χ0v) is 20.5. The molecule has 2 aromatic rings. The van der Waals surface area contributed by atoms with Crippen LogP contribution in [0, 0.1) is 0 Å². The van der Waals surface area contributed by atoms with Crippen molar-refractivity contribution in [2.75, 3.05) is 19.0 Å². The number of hydrazone groups is 1. The molecule has 0 saturated heterocycles. The molecule has 12 heteroatoms. The lowest BCUT2D eigenvalue weighted by Gasteiger charge is -2.27. The van der Waals surface area contributed by atoms with Crippen molar-refractivity contribution in [3.63, 3.8) is 0 Å². The molecule has 0 spiro atoms. The first kappa shape index (κ1) is 24.7. The van der Waals surface area contributed by atoms with Gasteiger partial charge in [-0.3, -0.25) is 24.2 Å². The Kier molecular flexibility index (Phi) is 6.85. The molecule has 0 fully saturated rings. The van der Waals surface area contributed by atoms with E-state index in [-0.39, 0.29) is 42.9 Å².